The van der Waals surface area contributed by atoms with Crippen molar-refractivity contribution in [3.8, 4) is 5.75 Å². The van der Waals surface area contributed by atoms with E-state index in [1.54, 1.807) is 12.1 Å². The third-order valence-electron chi connectivity index (χ3n) is 4.10. The number of aromatic hydroxyl groups is 1. The number of phenols is 1. The van der Waals surface area contributed by atoms with Gasteiger partial charge in [-0.25, -0.2) is 0 Å². The van der Waals surface area contributed by atoms with Gasteiger partial charge in [-0.05, 0) is 57.4 Å². The number of benzene rings is 1. The van der Waals surface area contributed by atoms with Gasteiger partial charge in [0.1, 0.15) is 5.75 Å². The molecule has 1 fully saturated rings. The average molecular weight is 276 g/mol. The van der Waals surface area contributed by atoms with Gasteiger partial charge in [0.25, 0.3) is 0 Å². The summed E-state index contributed by atoms with van der Waals surface area (Å²) >= 11 is 0. The number of rotatable bonds is 5. The van der Waals surface area contributed by atoms with Crippen LogP contribution in [0.5, 0.6) is 5.75 Å². The summed E-state index contributed by atoms with van der Waals surface area (Å²) in [7, 11) is 0. The fraction of sp³-hybridized carbons (Fsp3) is 0.562. The van der Waals surface area contributed by atoms with E-state index in [4.69, 9.17) is 0 Å². The molecule has 2 rings (SSSR count). The Hall–Kier alpha value is -1.55. The molecule has 0 saturated carbocycles. The van der Waals surface area contributed by atoms with Gasteiger partial charge in [0.05, 0.1) is 5.41 Å². The predicted molar refractivity (Wildman–Crippen MR) is 79.6 cm³/mol. The maximum Gasteiger partial charge on any atom is 0.227 e. The highest BCUT2D eigenvalue weighted by atomic mass is 16.3. The first-order valence-electron chi connectivity index (χ1n) is 7.29. The zero-order valence-corrected chi connectivity index (χ0v) is 12.3. The number of phenolic OH excluding ortho intramolecular Hbond substituents is 1. The molecule has 0 bridgehead atoms. The molecule has 110 valence electrons. The van der Waals surface area contributed by atoms with Crippen LogP contribution in [0.2, 0.25) is 0 Å². The summed E-state index contributed by atoms with van der Waals surface area (Å²) in [6.45, 7) is 5.76. The van der Waals surface area contributed by atoms with Crippen LogP contribution in [0.15, 0.2) is 24.3 Å². The van der Waals surface area contributed by atoms with Crippen molar-refractivity contribution < 1.29 is 9.90 Å². The van der Waals surface area contributed by atoms with Gasteiger partial charge in [-0.1, -0.05) is 12.1 Å². The Morgan fingerprint density at radius 2 is 2.15 bits per heavy atom. The molecule has 1 saturated heterocycles. The molecule has 0 aromatic heterocycles. The number of hydrogen-bond acceptors (Lipinski definition) is 3. The standard InChI is InChI=1S/C16H24N2O2/c1-12(3-4-13-5-7-14(19)8-6-13)18-15(20)16(2)9-10-17-11-16/h5-8,12,17,19H,3-4,9-11H2,1-2H3,(H,18,20). The second-order valence-corrected chi connectivity index (χ2v) is 6.07. The second-order valence-electron chi connectivity index (χ2n) is 6.07. The van der Waals surface area contributed by atoms with Crippen molar-refractivity contribution in [2.45, 2.75) is 39.2 Å². The average Bonchev–Trinajstić information content (AvgIpc) is 2.86. The third-order valence-corrected chi connectivity index (χ3v) is 4.10. The molecule has 20 heavy (non-hydrogen) atoms. The van der Waals surface area contributed by atoms with Crippen molar-refractivity contribution in [3.63, 3.8) is 0 Å². The van der Waals surface area contributed by atoms with Crippen molar-refractivity contribution in [3.05, 3.63) is 29.8 Å². The predicted octanol–water partition coefficient (Wildman–Crippen LogP) is 1.83. The molecule has 3 N–H and O–H groups in total. The molecule has 4 heteroatoms. The molecule has 1 aliphatic rings. The van der Waals surface area contributed by atoms with Gasteiger partial charge in [-0.3, -0.25) is 4.79 Å². The Morgan fingerprint density at radius 1 is 1.45 bits per heavy atom. The van der Waals surface area contributed by atoms with Gasteiger partial charge < -0.3 is 15.7 Å². The summed E-state index contributed by atoms with van der Waals surface area (Å²) in [6.07, 6.45) is 2.71. The summed E-state index contributed by atoms with van der Waals surface area (Å²) in [4.78, 5) is 12.2. The van der Waals surface area contributed by atoms with E-state index in [1.165, 1.54) is 5.56 Å². The Bertz CT molecular complexity index is 450. The van der Waals surface area contributed by atoms with Gasteiger partial charge in [-0.2, -0.15) is 0 Å². The fourth-order valence-electron chi connectivity index (χ4n) is 2.53. The molecule has 4 nitrogen and oxygen atoms in total. The first kappa shape index (κ1) is 14.9. The number of amides is 1. The lowest BCUT2D eigenvalue weighted by Crippen LogP contribution is -2.44. The largest absolute Gasteiger partial charge is 0.508 e. The number of carbonyl (C=O) groups is 1. The SMILES string of the molecule is CC(CCc1ccc(O)cc1)NC(=O)C1(C)CCNC1. The van der Waals surface area contributed by atoms with Crippen LogP contribution in [0.1, 0.15) is 32.3 Å². The second kappa shape index (κ2) is 6.27. The molecule has 2 atom stereocenters. The van der Waals surface area contributed by atoms with Crippen LogP contribution in [0, 0.1) is 5.41 Å². The Morgan fingerprint density at radius 3 is 2.75 bits per heavy atom. The molecule has 1 amide bonds. The maximum absolute atomic E-state index is 12.2. The molecule has 0 aliphatic carbocycles. The van der Waals surface area contributed by atoms with E-state index in [-0.39, 0.29) is 23.1 Å². The van der Waals surface area contributed by atoms with Gasteiger partial charge in [0, 0.05) is 12.6 Å². The minimum Gasteiger partial charge on any atom is -0.508 e. The number of nitrogens with one attached hydrogen (secondary N) is 2. The maximum atomic E-state index is 12.2. The lowest BCUT2D eigenvalue weighted by molar-refractivity contribution is -0.129. The summed E-state index contributed by atoms with van der Waals surface area (Å²) < 4.78 is 0. The van der Waals surface area contributed by atoms with Crippen LogP contribution in [0.25, 0.3) is 0 Å². The highest BCUT2D eigenvalue weighted by Gasteiger charge is 2.36. The van der Waals surface area contributed by atoms with Crippen LogP contribution in [0.4, 0.5) is 0 Å². The Balaban J connectivity index is 1.79. The van der Waals surface area contributed by atoms with Gasteiger partial charge >= 0.3 is 0 Å². The summed E-state index contributed by atoms with van der Waals surface area (Å²) in [5.74, 6) is 0.442. The van der Waals surface area contributed by atoms with E-state index >= 15 is 0 Å². The molecule has 0 spiro atoms. The summed E-state index contributed by atoms with van der Waals surface area (Å²) in [5.41, 5.74) is 0.921. The van der Waals surface area contributed by atoms with Crippen molar-refractivity contribution in [1.29, 1.82) is 0 Å². The van der Waals surface area contributed by atoms with Crippen LogP contribution < -0.4 is 10.6 Å². The van der Waals surface area contributed by atoms with Gasteiger partial charge in [0.15, 0.2) is 0 Å². The van der Waals surface area contributed by atoms with Crippen LogP contribution in [-0.2, 0) is 11.2 Å². The monoisotopic (exact) mass is 276 g/mol. The Labute approximate surface area is 120 Å². The number of aryl methyl sites for hydroxylation is 1. The summed E-state index contributed by atoms with van der Waals surface area (Å²) in [5, 5.41) is 15.6. The smallest absolute Gasteiger partial charge is 0.227 e. The van der Waals surface area contributed by atoms with Gasteiger partial charge in [-0.15, -0.1) is 0 Å². The van der Waals surface area contributed by atoms with E-state index in [2.05, 4.69) is 10.6 Å². The topological polar surface area (TPSA) is 61.4 Å². The normalized spacial score (nSPS) is 23.5. The third kappa shape index (κ3) is 3.73. The number of carbonyl (C=O) groups excluding carboxylic acids is 1. The minimum atomic E-state index is -0.257. The molecule has 1 aromatic carbocycles. The fourth-order valence-corrected chi connectivity index (χ4v) is 2.53. The zero-order chi connectivity index (χ0) is 14.6. The summed E-state index contributed by atoms with van der Waals surface area (Å²) in [6, 6.07) is 7.40. The quantitative estimate of drug-likeness (QED) is 0.769. The van der Waals surface area contributed by atoms with Crippen molar-refractivity contribution in [1.82, 2.24) is 10.6 Å². The minimum absolute atomic E-state index is 0.153. The molecule has 1 aliphatic heterocycles. The van der Waals surface area contributed by atoms with Crippen molar-refractivity contribution in [2.75, 3.05) is 13.1 Å². The Kier molecular flexibility index (Phi) is 4.65. The lowest BCUT2D eigenvalue weighted by atomic mass is 9.88. The van der Waals surface area contributed by atoms with E-state index in [1.807, 2.05) is 26.0 Å². The molecule has 2 unspecified atom stereocenters. The first-order valence-corrected chi connectivity index (χ1v) is 7.29. The highest BCUT2D eigenvalue weighted by molar-refractivity contribution is 5.83. The van der Waals surface area contributed by atoms with Crippen LogP contribution in [0.3, 0.4) is 0 Å². The van der Waals surface area contributed by atoms with Gasteiger partial charge in [0.2, 0.25) is 5.91 Å². The van der Waals surface area contributed by atoms with Crippen LogP contribution >= 0.6 is 0 Å². The van der Waals surface area contributed by atoms with E-state index in [0.717, 1.165) is 32.4 Å². The van der Waals surface area contributed by atoms with Crippen molar-refractivity contribution >= 4 is 5.91 Å². The molecule has 1 heterocycles. The first-order chi connectivity index (χ1) is 9.49. The zero-order valence-electron chi connectivity index (χ0n) is 12.3. The lowest BCUT2D eigenvalue weighted by Gasteiger charge is -2.24. The number of hydrogen-bond donors (Lipinski definition) is 3. The molecular formula is C16H24N2O2. The van der Waals surface area contributed by atoms with Crippen molar-refractivity contribution in [2.24, 2.45) is 5.41 Å². The molecule has 0 radical (unpaired) electrons. The molecular weight excluding hydrogens is 252 g/mol. The molecule has 1 aromatic rings. The highest BCUT2D eigenvalue weighted by Crippen LogP contribution is 2.24. The van der Waals surface area contributed by atoms with E-state index in [0.29, 0.717) is 0 Å². The van der Waals surface area contributed by atoms with E-state index < -0.39 is 0 Å². The van der Waals surface area contributed by atoms with Crippen LogP contribution in [-0.4, -0.2) is 30.1 Å². The van der Waals surface area contributed by atoms with E-state index in [9.17, 15) is 9.90 Å².